The van der Waals surface area contributed by atoms with Gasteiger partial charge in [-0.05, 0) is 32.5 Å². The van der Waals surface area contributed by atoms with Crippen LogP contribution in [0.1, 0.15) is 71.1 Å². The minimum absolute atomic E-state index is 0.102. The SMILES string of the molecule is CCCCCC#CCC#CCC#CCC#CCCCC(=O)O[Si](C)(C)C. The second-order valence-electron chi connectivity index (χ2n) is 6.84. The lowest BCUT2D eigenvalue weighted by atomic mass is 10.2. The molecule has 0 fully saturated rings. The fourth-order valence-electron chi connectivity index (χ4n) is 1.86. The van der Waals surface area contributed by atoms with Crippen molar-refractivity contribution in [1.82, 2.24) is 0 Å². The van der Waals surface area contributed by atoms with Gasteiger partial charge in [0.1, 0.15) is 0 Å². The lowest BCUT2D eigenvalue weighted by molar-refractivity contribution is -0.135. The fraction of sp³-hybridized carbons (Fsp3) is 0.609. The monoisotopic (exact) mass is 368 g/mol. The molecule has 0 aliphatic carbocycles. The molecule has 26 heavy (non-hydrogen) atoms. The van der Waals surface area contributed by atoms with Crippen molar-refractivity contribution in [1.29, 1.82) is 0 Å². The van der Waals surface area contributed by atoms with Gasteiger partial charge in [-0.15, -0.1) is 11.8 Å². The van der Waals surface area contributed by atoms with E-state index < -0.39 is 8.32 Å². The van der Waals surface area contributed by atoms with Crippen molar-refractivity contribution in [3.05, 3.63) is 0 Å². The third kappa shape index (κ3) is 20.0. The van der Waals surface area contributed by atoms with Crippen molar-refractivity contribution in [3.8, 4) is 47.4 Å². The lowest BCUT2D eigenvalue weighted by Crippen LogP contribution is -2.28. The molecule has 0 amide bonds. The summed E-state index contributed by atoms with van der Waals surface area (Å²) in [5, 5.41) is 0. The molecule has 0 radical (unpaired) electrons. The maximum Gasteiger partial charge on any atom is 0.292 e. The van der Waals surface area contributed by atoms with Gasteiger partial charge >= 0.3 is 0 Å². The number of carbonyl (C=O) groups is 1. The highest BCUT2D eigenvalue weighted by molar-refractivity contribution is 6.71. The number of carbonyl (C=O) groups excluding carboxylic acids is 1. The zero-order valence-corrected chi connectivity index (χ0v) is 17.9. The van der Waals surface area contributed by atoms with Gasteiger partial charge in [0.25, 0.3) is 5.97 Å². The molecule has 0 rings (SSSR count). The maximum atomic E-state index is 11.5. The second-order valence-corrected chi connectivity index (χ2v) is 11.3. The number of hydrogen-bond donors (Lipinski definition) is 0. The molecule has 0 aromatic carbocycles. The molecule has 0 aromatic heterocycles. The molecule has 0 atom stereocenters. The Balaban J connectivity index is 3.69. The Bertz CT molecular complexity index is 640. The topological polar surface area (TPSA) is 26.3 Å². The van der Waals surface area contributed by atoms with E-state index in [9.17, 15) is 4.79 Å². The highest BCUT2D eigenvalue weighted by atomic mass is 28.4. The van der Waals surface area contributed by atoms with Gasteiger partial charge in [-0.3, -0.25) is 4.79 Å². The molecule has 0 saturated carbocycles. The van der Waals surface area contributed by atoms with Gasteiger partial charge < -0.3 is 4.43 Å². The van der Waals surface area contributed by atoms with Crippen LogP contribution in [0.5, 0.6) is 0 Å². The molecule has 0 heterocycles. The predicted octanol–water partition coefficient (Wildman–Crippen LogP) is 5.30. The fourth-order valence-corrected chi connectivity index (χ4v) is 2.65. The second kappa shape index (κ2) is 16.4. The van der Waals surface area contributed by atoms with Crippen LogP contribution in [0.15, 0.2) is 0 Å². The average molecular weight is 369 g/mol. The van der Waals surface area contributed by atoms with Gasteiger partial charge in [-0.1, -0.05) is 55.3 Å². The van der Waals surface area contributed by atoms with E-state index in [4.69, 9.17) is 4.43 Å². The van der Waals surface area contributed by atoms with E-state index in [-0.39, 0.29) is 5.97 Å². The lowest BCUT2D eigenvalue weighted by Gasteiger charge is -2.16. The molecular formula is C23H32O2Si. The minimum atomic E-state index is -1.75. The summed E-state index contributed by atoms with van der Waals surface area (Å²) in [4.78, 5) is 11.5. The Morgan fingerprint density at radius 3 is 1.65 bits per heavy atom. The molecular weight excluding hydrogens is 336 g/mol. The van der Waals surface area contributed by atoms with E-state index in [1.165, 1.54) is 19.3 Å². The molecule has 2 nitrogen and oxygen atoms in total. The Hall–Kier alpha value is -2.07. The van der Waals surface area contributed by atoms with E-state index in [2.05, 4.69) is 54.3 Å². The quantitative estimate of drug-likeness (QED) is 0.346. The summed E-state index contributed by atoms with van der Waals surface area (Å²) in [6.45, 7) is 8.22. The van der Waals surface area contributed by atoms with Gasteiger partial charge in [-0.25, -0.2) is 0 Å². The minimum Gasteiger partial charge on any atom is -0.520 e. The first-order valence-corrected chi connectivity index (χ1v) is 12.9. The first kappa shape index (κ1) is 23.9. The van der Waals surface area contributed by atoms with Crippen LogP contribution in [0, 0.1) is 47.4 Å². The Morgan fingerprint density at radius 1 is 0.731 bits per heavy atom. The smallest absolute Gasteiger partial charge is 0.292 e. The van der Waals surface area contributed by atoms with Gasteiger partial charge in [0.15, 0.2) is 0 Å². The Morgan fingerprint density at radius 2 is 1.19 bits per heavy atom. The molecule has 0 bridgehead atoms. The van der Waals surface area contributed by atoms with E-state index >= 15 is 0 Å². The van der Waals surface area contributed by atoms with Crippen molar-refractivity contribution in [2.24, 2.45) is 0 Å². The maximum absolute atomic E-state index is 11.5. The molecule has 140 valence electrons. The first-order valence-electron chi connectivity index (χ1n) is 9.50. The number of hydrogen-bond acceptors (Lipinski definition) is 2. The van der Waals surface area contributed by atoms with Crippen molar-refractivity contribution < 1.29 is 9.22 Å². The summed E-state index contributed by atoms with van der Waals surface area (Å²) in [6, 6.07) is 0. The zero-order chi connectivity index (χ0) is 19.5. The summed E-state index contributed by atoms with van der Waals surface area (Å²) in [5.41, 5.74) is 0. The summed E-state index contributed by atoms with van der Waals surface area (Å²) < 4.78 is 5.37. The Kier molecular flexibility index (Phi) is 15.1. The number of rotatable bonds is 7. The standard InChI is InChI=1S/C23H32O2Si/c1-5-6-7-8-9-10-11-12-13-14-15-16-17-18-19-20-21-22-23(24)25-26(2,3)4/h5-8,11,14,17,20-22H2,1-4H3. The summed E-state index contributed by atoms with van der Waals surface area (Å²) in [5.74, 6) is 24.2. The van der Waals surface area contributed by atoms with Crippen LogP contribution in [0.25, 0.3) is 0 Å². The van der Waals surface area contributed by atoms with Crippen molar-refractivity contribution >= 4 is 14.3 Å². The van der Waals surface area contributed by atoms with Crippen LogP contribution in [-0.4, -0.2) is 14.3 Å². The highest BCUT2D eigenvalue weighted by Gasteiger charge is 2.19. The van der Waals surface area contributed by atoms with Crippen LogP contribution in [0.3, 0.4) is 0 Å². The van der Waals surface area contributed by atoms with E-state index in [1.807, 2.05) is 19.6 Å². The molecule has 0 saturated heterocycles. The molecule has 0 aliphatic heterocycles. The molecule has 0 aromatic rings. The average Bonchev–Trinajstić information content (AvgIpc) is 2.56. The van der Waals surface area contributed by atoms with Crippen LogP contribution < -0.4 is 0 Å². The molecule has 0 unspecified atom stereocenters. The van der Waals surface area contributed by atoms with E-state index in [1.54, 1.807) is 0 Å². The normalized spacial score (nSPS) is 9.23. The van der Waals surface area contributed by atoms with Gasteiger partial charge in [0.2, 0.25) is 8.32 Å². The summed E-state index contributed by atoms with van der Waals surface area (Å²) in [7, 11) is -1.75. The molecule has 0 aliphatic rings. The number of unbranched alkanes of at least 4 members (excludes halogenated alkanes) is 4. The van der Waals surface area contributed by atoms with Crippen LogP contribution in [0.2, 0.25) is 19.6 Å². The van der Waals surface area contributed by atoms with Crippen LogP contribution in [-0.2, 0) is 9.22 Å². The van der Waals surface area contributed by atoms with E-state index in [0.717, 1.165) is 12.8 Å². The summed E-state index contributed by atoms with van der Waals surface area (Å²) in [6.07, 6.45) is 8.31. The van der Waals surface area contributed by atoms with Crippen molar-refractivity contribution in [3.63, 3.8) is 0 Å². The summed E-state index contributed by atoms with van der Waals surface area (Å²) >= 11 is 0. The van der Waals surface area contributed by atoms with E-state index in [0.29, 0.717) is 32.1 Å². The van der Waals surface area contributed by atoms with Gasteiger partial charge in [-0.2, -0.15) is 0 Å². The highest BCUT2D eigenvalue weighted by Crippen LogP contribution is 2.06. The Labute approximate surface area is 162 Å². The first-order chi connectivity index (χ1) is 12.5. The van der Waals surface area contributed by atoms with Crippen molar-refractivity contribution in [2.75, 3.05) is 0 Å². The van der Waals surface area contributed by atoms with Crippen LogP contribution >= 0.6 is 0 Å². The van der Waals surface area contributed by atoms with Crippen LogP contribution in [0.4, 0.5) is 0 Å². The van der Waals surface area contributed by atoms with Gasteiger partial charge in [0.05, 0.1) is 19.3 Å². The molecule has 0 N–H and O–H groups in total. The third-order valence-electron chi connectivity index (χ3n) is 3.04. The van der Waals surface area contributed by atoms with Gasteiger partial charge in [0, 0.05) is 19.3 Å². The molecule has 3 heteroatoms. The largest absolute Gasteiger partial charge is 0.520 e. The molecule has 0 spiro atoms. The zero-order valence-electron chi connectivity index (χ0n) is 16.9. The predicted molar refractivity (Wildman–Crippen MR) is 112 cm³/mol. The van der Waals surface area contributed by atoms with Crippen molar-refractivity contribution in [2.45, 2.75) is 90.8 Å². The third-order valence-corrected chi connectivity index (χ3v) is 3.88.